The summed E-state index contributed by atoms with van der Waals surface area (Å²) in [6, 6.07) is 1.85. The van der Waals surface area contributed by atoms with Crippen molar-refractivity contribution < 1.29 is 14.1 Å². The summed E-state index contributed by atoms with van der Waals surface area (Å²) in [6.07, 6.45) is 3.64. The summed E-state index contributed by atoms with van der Waals surface area (Å²) in [7, 11) is -0.538. The summed E-state index contributed by atoms with van der Waals surface area (Å²) in [5.41, 5.74) is 8.10. The number of nitrogens with one attached hydrogen (secondary N) is 1. The highest BCUT2D eigenvalue weighted by Crippen LogP contribution is 2.38. The lowest BCUT2D eigenvalue weighted by molar-refractivity contribution is -0.118. The quantitative estimate of drug-likeness (QED) is 0.826. The largest absolute Gasteiger partial charge is 0.492 e. The summed E-state index contributed by atoms with van der Waals surface area (Å²) in [4.78, 5) is 15.6. The summed E-state index contributed by atoms with van der Waals surface area (Å²) in [5, 5.41) is 2.80. The first-order chi connectivity index (χ1) is 11.0. The van der Waals surface area contributed by atoms with Gasteiger partial charge in [0.05, 0.1) is 22.6 Å². The molecule has 3 N–H and O–H groups in total. The van der Waals surface area contributed by atoms with E-state index in [1.807, 2.05) is 46.8 Å². The average Bonchev–Trinajstić information content (AvgIpc) is 2.67. The van der Waals surface area contributed by atoms with Gasteiger partial charge in [-0.05, 0) is 51.7 Å². The van der Waals surface area contributed by atoms with Crippen LogP contribution in [0, 0.1) is 6.92 Å². The molecule has 0 unspecified atom stereocenters. The number of nitrogens with two attached hydrogens (primary N) is 1. The van der Waals surface area contributed by atoms with E-state index in [9.17, 15) is 4.79 Å². The number of aryl methyl sites for hydroxylation is 1. The highest BCUT2D eigenvalue weighted by molar-refractivity contribution is 6.56. The number of carbonyl (C=O) groups excluding carboxylic acids is 1. The van der Waals surface area contributed by atoms with Crippen LogP contribution < -0.4 is 11.1 Å². The highest BCUT2D eigenvalue weighted by Gasteiger charge is 2.52. The number of amides is 1. The number of rotatable bonds is 4. The van der Waals surface area contributed by atoms with Crippen LogP contribution in [0.1, 0.15) is 45.9 Å². The molecule has 0 atom stereocenters. The topological polar surface area (TPSA) is 86.5 Å². The van der Waals surface area contributed by atoms with Gasteiger partial charge in [0, 0.05) is 19.7 Å². The van der Waals surface area contributed by atoms with E-state index in [0.29, 0.717) is 12.2 Å². The lowest BCUT2D eigenvalue weighted by Gasteiger charge is -2.32. The normalized spacial score (nSPS) is 19.4. The minimum Gasteiger partial charge on any atom is -0.400 e. The number of aromatic nitrogens is 1. The third-order valence-electron chi connectivity index (χ3n) is 4.60. The van der Waals surface area contributed by atoms with Crippen molar-refractivity contribution in [1.82, 2.24) is 10.3 Å². The van der Waals surface area contributed by atoms with Crippen molar-refractivity contribution in [3.8, 4) is 0 Å². The Kier molecular flexibility index (Phi) is 5.06. The maximum atomic E-state index is 11.3. The van der Waals surface area contributed by atoms with E-state index >= 15 is 0 Å². The van der Waals surface area contributed by atoms with Gasteiger partial charge in [0.2, 0.25) is 5.91 Å². The fourth-order valence-electron chi connectivity index (χ4n) is 2.28. The van der Waals surface area contributed by atoms with Crippen molar-refractivity contribution in [3.63, 3.8) is 0 Å². The fraction of sp³-hybridized carbons (Fsp3) is 0.529. The highest BCUT2D eigenvalue weighted by atomic mass is 16.7. The second-order valence-corrected chi connectivity index (χ2v) is 7.16. The predicted octanol–water partition coefficient (Wildman–Crippen LogP) is 2.12. The molecule has 7 heteroatoms. The SMILES string of the molecule is CC(=O)NCC(=Cc1cnc(C)c(N)c1)B1OC(C)(C)C(C)(C)O1. The molecule has 2 rings (SSSR count). The molecule has 1 aromatic heterocycles. The Hall–Kier alpha value is -1.86. The minimum atomic E-state index is -0.538. The lowest BCUT2D eigenvalue weighted by atomic mass is 9.77. The Balaban J connectivity index is 2.33. The van der Waals surface area contributed by atoms with Gasteiger partial charge in [-0.3, -0.25) is 9.78 Å². The van der Waals surface area contributed by atoms with Crippen molar-refractivity contribution in [1.29, 1.82) is 0 Å². The number of anilines is 1. The van der Waals surface area contributed by atoms with Gasteiger partial charge in [-0.15, -0.1) is 0 Å². The van der Waals surface area contributed by atoms with Gasteiger partial charge in [-0.1, -0.05) is 6.08 Å². The van der Waals surface area contributed by atoms with Crippen molar-refractivity contribution in [2.75, 3.05) is 12.3 Å². The van der Waals surface area contributed by atoms with E-state index in [0.717, 1.165) is 16.7 Å². The van der Waals surface area contributed by atoms with Gasteiger partial charge in [-0.2, -0.15) is 0 Å². The molecule has 130 valence electrons. The van der Waals surface area contributed by atoms with E-state index < -0.39 is 18.3 Å². The van der Waals surface area contributed by atoms with Crippen LogP contribution in [-0.2, 0) is 14.1 Å². The second-order valence-electron chi connectivity index (χ2n) is 7.16. The second kappa shape index (κ2) is 6.57. The Morgan fingerprint density at radius 2 is 1.92 bits per heavy atom. The smallest absolute Gasteiger partial charge is 0.400 e. The van der Waals surface area contributed by atoms with Crippen molar-refractivity contribution in [2.45, 2.75) is 52.7 Å². The Morgan fingerprint density at radius 1 is 1.33 bits per heavy atom. The molecule has 1 saturated heterocycles. The number of hydrogen-bond donors (Lipinski definition) is 2. The predicted molar refractivity (Wildman–Crippen MR) is 96.1 cm³/mol. The van der Waals surface area contributed by atoms with E-state index in [2.05, 4.69) is 10.3 Å². The maximum Gasteiger partial charge on any atom is 0.492 e. The van der Waals surface area contributed by atoms with Crippen molar-refractivity contribution in [2.24, 2.45) is 0 Å². The lowest BCUT2D eigenvalue weighted by Crippen LogP contribution is -2.41. The summed E-state index contributed by atoms with van der Waals surface area (Å²) < 4.78 is 12.2. The molecule has 0 bridgehead atoms. The number of hydrogen-bond acceptors (Lipinski definition) is 5. The molecule has 1 aliphatic rings. The first kappa shape index (κ1) is 18.5. The number of nitrogens with zero attached hydrogens (tertiary/aromatic N) is 1. The van der Waals surface area contributed by atoms with Crippen LogP contribution in [-0.4, -0.2) is 35.8 Å². The first-order valence-electron chi connectivity index (χ1n) is 8.04. The minimum absolute atomic E-state index is 0.112. The molecule has 24 heavy (non-hydrogen) atoms. The molecule has 0 radical (unpaired) electrons. The van der Waals surface area contributed by atoms with Crippen LogP contribution in [0.2, 0.25) is 0 Å². The Labute approximate surface area is 144 Å². The summed E-state index contributed by atoms with van der Waals surface area (Å²) in [6.45, 7) is 11.6. The molecule has 0 aromatic carbocycles. The van der Waals surface area contributed by atoms with Gasteiger partial charge in [-0.25, -0.2) is 0 Å². The molecular formula is C17H26BN3O3. The monoisotopic (exact) mass is 331 g/mol. The maximum absolute atomic E-state index is 11.3. The van der Waals surface area contributed by atoms with Crippen LogP contribution in [0.3, 0.4) is 0 Å². The molecule has 1 fully saturated rings. The van der Waals surface area contributed by atoms with E-state index in [-0.39, 0.29) is 5.91 Å². The molecule has 0 aliphatic carbocycles. The standard InChI is InChI=1S/C17H26BN3O3/c1-11-15(19)8-13(9-20-11)7-14(10-21-12(2)22)18-23-16(3,4)17(5,6)24-18/h7-9H,10,19H2,1-6H3,(H,21,22). The molecule has 2 heterocycles. The van der Waals surface area contributed by atoms with Crippen molar-refractivity contribution in [3.05, 3.63) is 29.0 Å². The molecule has 1 aliphatic heterocycles. The van der Waals surface area contributed by atoms with E-state index in [4.69, 9.17) is 15.0 Å². The zero-order valence-corrected chi connectivity index (χ0v) is 15.3. The Bertz CT molecular complexity index is 655. The number of carbonyl (C=O) groups is 1. The molecule has 6 nitrogen and oxygen atoms in total. The first-order valence-corrected chi connectivity index (χ1v) is 8.04. The third kappa shape index (κ3) is 3.97. The molecular weight excluding hydrogens is 305 g/mol. The van der Waals surface area contributed by atoms with Gasteiger partial charge < -0.3 is 20.4 Å². The molecule has 1 amide bonds. The number of pyridine rings is 1. The fourth-order valence-corrected chi connectivity index (χ4v) is 2.28. The molecule has 0 spiro atoms. The van der Waals surface area contributed by atoms with Gasteiger partial charge in [0.1, 0.15) is 0 Å². The van der Waals surface area contributed by atoms with Crippen LogP contribution in [0.4, 0.5) is 5.69 Å². The van der Waals surface area contributed by atoms with Crippen LogP contribution >= 0.6 is 0 Å². The van der Waals surface area contributed by atoms with E-state index in [1.54, 1.807) is 6.20 Å². The molecule has 0 saturated carbocycles. The summed E-state index contributed by atoms with van der Waals surface area (Å²) >= 11 is 0. The number of nitrogen functional groups attached to an aromatic ring is 1. The van der Waals surface area contributed by atoms with Crippen LogP contribution in [0.15, 0.2) is 17.7 Å². The zero-order valence-electron chi connectivity index (χ0n) is 15.3. The van der Waals surface area contributed by atoms with Gasteiger partial charge >= 0.3 is 7.12 Å². The van der Waals surface area contributed by atoms with Crippen LogP contribution in [0.25, 0.3) is 6.08 Å². The molecule has 1 aromatic rings. The van der Waals surface area contributed by atoms with Crippen LogP contribution in [0.5, 0.6) is 0 Å². The summed E-state index contributed by atoms with van der Waals surface area (Å²) in [5.74, 6) is -0.112. The van der Waals surface area contributed by atoms with E-state index in [1.165, 1.54) is 6.92 Å². The zero-order chi connectivity index (χ0) is 18.1. The Morgan fingerprint density at radius 3 is 2.42 bits per heavy atom. The van der Waals surface area contributed by atoms with Crippen molar-refractivity contribution >= 4 is 24.8 Å². The van der Waals surface area contributed by atoms with Gasteiger partial charge in [0.25, 0.3) is 0 Å². The average molecular weight is 331 g/mol. The third-order valence-corrected chi connectivity index (χ3v) is 4.60. The van der Waals surface area contributed by atoms with Gasteiger partial charge in [0.15, 0.2) is 0 Å².